The molecule has 0 amide bonds. The Kier molecular flexibility index (Phi) is 6.86. The van der Waals surface area contributed by atoms with Gasteiger partial charge in [0, 0.05) is 35.4 Å². The normalized spacial score (nSPS) is 31.4. The predicted octanol–water partition coefficient (Wildman–Crippen LogP) is 4.42. The van der Waals surface area contributed by atoms with Crippen LogP contribution in [0, 0.1) is 0 Å². The molecule has 0 aromatic carbocycles. The van der Waals surface area contributed by atoms with Crippen molar-refractivity contribution in [1.82, 2.24) is 10.6 Å². The highest BCUT2D eigenvalue weighted by molar-refractivity contribution is 5.05. The van der Waals surface area contributed by atoms with Crippen molar-refractivity contribution in [3.05, 3.63) is 0 Å². The Balaban J connectivity index is 1.53. The Bertz CT molecular complexity index is 415. The number of hydrogen-bond donors (Lipinski definition) is 2. The molecule has 2 unspecified atom stereocenters. The third-order valence-corrected chi connectivity index (χ3v) is 6.00. The molecule has 154 valence electrons. The molecule has 26 heavy (non-hydrogen) atoms. The smallest absolute Gasteiger partial charge is 0.0768 e. The first kappa shape index (κ1) is 22.1. The van der Waals surface area contributed by atoms with E-state index in [1.54, 1.807) is 0 Å². The van der Waals surface area contributed by atoms with Gasteiger partial charge >= 0.3 is 0 Å². The highest BCUT2D eigenvalue weighted by atomic mass is 16.5. The van der Waals surface area contributed by atoms with Gasteiger partial charge in [0.15, 0.2) is 0 Å². The zero-order chi connectivity index (χ0) is 19.6. The molecule has 2 aliphatic heterocycles. The molecule has 2 N–H and O–H groups in total. The minimum Gasteiger partial charge on any atom is -0.376 e. The number of nitrogens with one attached hydrogen (secondary N) is 2. The van der Waals surface area contributed by atoms with Crippen molar-refractivity contribution in [2.75, 3.05) is 13.2 Å². The van der Waals surface area contributed by atoms with Gasteiger partial charge in [-0.15, -0.1) is 0 Å². The van der Waals surface area contributed by atoms with Gasteiger partial charge in [0.05, 0.1) is 12.2 Å². The fraction of sp³-hybridized carbons (Fsp3) is 1.00. The summed E-state index contributed by atoms with van der Waals surface area (Å²) >= 11 is 0. The summed E-state index contributed by atoms with van der Waals surface area (Å²) in [7, 11) is 0. The Morgan fingerprint density at radius 2 is 0.962 bits per heavy atom. The van der Waals surface area contributed by atoms with Gasteiger partial charge in [-0.05, 0) is 81.1 Å². The highest BCUT2D eigenvalue weighted by Gasteiger charge is 2.45. The lowest BCUT2D eigenvalue weighted by molar-refractivity contribution is 0.0129. The van der Waals surface area contributed by atoms with Crippen LogP contribution in [-0.4, -0.2) is 47.6 Å². The zero-order valence-corrected chi connectivity index (χ0v) is 18.6. The van der Waals surface area contributed by atoms with Gasteiger partial charge in [0.1, 0.15) is 0 Å². The molecule has 0 aromatic rings. The fourth-order valence-corrected chi connectivity index (χ4v) is 4.99. The van der Waals surface area contributed by atoms with Gasteiger partial charge in [0.25, 0.3) is 0 Å². The molecular weight excluding hydrogens is 324 g/mol. The first-order valence-electron chi connectivity index (χ1n) is 10.6. The maximum Gasteiger partial charge on any atom is 0.0768 e. The maximum absolute atomic E-state index is 6.19. The molecule has 4 nitrogen and oxygen atoms in total. The van der Waals surface area contributed by atoms with Crippen molar-refractivity contribution in [2.45, 2.75) is 128 Å². The third-order valence-electron chi connectivity index (χ3n) is 6.00. The van der Waals surface area contributed by atoms with E-state index in [-0.39, 0.29) is 22.2 Å². The summed E-state index contributed by atoms with van der Waals surface area (Å²) < 4.78 is 12.4. The summed E-state index contributed by atoms with van der Waals surface area (Å²) in [6.45, 7) is 19.8. The van der Waals surface area contributed by atoms with Crippen LogP contribution in [0.2, 0.25) is 0 Å². The van der Waals surface area contributed by atoms with Crippen LogP contribution in [0.4, 0.5) is 0 Å². The lowest BCUT2D eigenvalue weighted by Gasteiger charge is -2.28. The fourth-order valence-electron chi connectivity index (χ4n) is 4.99. The standard InChI is InChI=1S/C22H44N2O2/c1-19(2)15-17(21(5,6)23-19)25-13-11-9-10-12-14-26-18-16-20(3,4)24-22(18,7)8/h17-18,23-24H,9-16H2,1-8H3. The van der Waals surface area contributed by atoms with E-state index in [0.29, 0.717) is 12.2 Å². The second-order valence-corrected chi connectivity index (χ2v) is 11.0. The van der Waals surface area contributed by atoms with E-state index in [2.05, 4.69) is 66.0 Å². The van der Waals surface area contributed by atoms with Crippen LogP contribution in [0.1, 0.15) is 93.9 Å². The van der Waals surface area contributed by atoms with E-state index in [1.807, 2.05) is 0 Å². The van der Waals surface area contributed by atoms with Crippen molar-refractivity contribution in [3.8, 4) is 0 Å². The molecule has 2 atom stereocenters. The second-order valence-electron chi connectivity index (χ2n) is 11.0. The molecule has 2 rings (SSSR count). The predicted molar refractivity (Wildman–Crippen MR) is 110 cm³/mol. The van der Waals surface area contributed by atoms with Crippen LogP contribution in [0.25, 0.3) is 0 Å². The van der Waals surface area contributed by atoms with Crippen LogP contribution < -0.4 is 10.6 Å². The summed E-state index contributed by atoms with van der Waals surface area (Å²) in [6, 6.07) is 0. The van der Waals surface area contributed by atoms with Gasteiger partial charge in [-0.1, -0.05) is 12.8 Å². The Hall–Kier alpha value is -0.160. The Labute approximate surface area is 162 Å². The minimum atomic E-state index is 0.0766. The maximum atomic E-state index is 6.19. The molecule has 2 fully saturated rings. The lowest BCUT2D eigenvalue weighted by Crippen LogP contribution is -2.47. The molecule has 0 bridgehead atoms. The molecule has 0 spiro atoms. The number of ether oxygens (including phenoxy) is 2. The second kappa shape index (κ2) is 8.06. The number of hydrogen-bond acceptors (Lipinski definition) is 4. The van der Waals surface area contributed by atoms with Crippen LogP contribution >= 0.6 is 0 Å². The Morgan fingerprint density at radius 1 is 0.615 bits per heavy atom. The van der Waals surface area contributed by atoms with Crippen molar-refractivity contribution < 1.29 is 9.47 Å². The van der Waals surface area contributed by atoms with E-state index in [1.165, 1.54) is 12.8 Å². The first-order chi connectivity index (χ1) is 11.8. The third kappa shape index (κ3) is 6.19. The van der Waals surface area contributed by atoms with E-state index >= 15 is 0 Å². The summed E-state index contributed by atoms with van der Waals surface area (Å²) in [5.41, 5.74) is 0.520. The molecule has 4 heteroatoms. The summed E-state index contributed by atoms with van der Waals surface area (Å²) in [4.78, 5) is 0. The van der Waals surface area contributed by atoms with Crippen molar-refractivity contribution in [3.63, 3.8) is 0 Å². The van der Waals surface area contributed by atoms with Crippen LogP contribution in [0.3, 0.4) is 0 Å². The van der Waals surface area contributed by atoms with Gasteiger partial charge in [-0.2, -0.15) is 0 Å². The van der Waals surface area contributed by atoms with E-state index in [9.17, 15) is 0 Å². The highest BCUT2D eigenvalue weighted by Crippen LogP contribution is 2.33. The van der Waals surface area contributed by atoms with Crippen molar-refractivity contribution >= 4 is 0 Å². The number of unbranched alkanes of at least 4 members (excludes halogenated alkanes) is 3. The lowest BCUT2D eigenvalue weighted by atomic mass is 9.97. The topological polar surface area (TPSA) is 42.5 Å². The quantitative estimate of drug-likeness (QED) is 0.591. The molecule has 0 aromatic heterocycles. The van der Waals surface area contributed by atoms with Gasteiger partial charge in [-0.25, -0.2) is 0 Å². The molecule has 2 saturated heterocycles. The van der Waals surface area contributed by atoms with E-state index in [0.717, 1.165) is 38.9 Å². The van der Waals surface area contributed by atoms with E-state index in [4.69, 9.17) is 9.47 Å². The Morgan fingerprint density at radius 3 is 1.23 bits per heavy atom. The SMILES string of the molecule is CC1(C)CC(OCCCCCCOC2CC(C)(C)NC2(C)C)C(C)(C)N1. The van der Waals surface area contributed by atoms with Crippen LogP contribution in [0.15, 0.2) is 0 Å². The molecular formula is C22H44N2O2. The largest absolute Gasteiger partial charge is 0.376 e. The van der Waals surface area contributed by atoms with Crippen LogP contribution in [0.5, 0.6) is 0 Å². The van der Waals surface area contributed by atoms with Crippen molar-refractivity contribution in [1.29, 1.82) is 0 Å². The van der Waals surface area contributed by atoms with Crippen molar-refractivity contribution in [2.24, 2.45) is 0 Å². The molecule has 2 heterocycles. The average Bonchev–Trinajstić information content (AvgIpc) is 2.79. The molecule has 0 aliphatic carbocycles. The van der Waals surface area contributed by atoms with E-state index < -0.39 is 0 Å². The van der Waals surface area contributed by atoms with Gasteiger partial charge < -0.3 is 20.1 Å². The minimum absolute atomic E-state index is 0.0766. The summed E-state index contributed by atoms with van der Waals surface area (Å²) in [5.74, 6) is 0. The molecule has 0 radical (unpaired) electrons. The summed E-state index contributed by atoms with van der Waals surface area (Å²) in [6.07, 6.45) is 7.58. The molecule has 0 saturated carbocycles. The van der Waals surface area contributed by atoms with Crippen LogP contribution in [-0.2, 0) is 9.47 Å². The summed E-state index contributed by atoms with van der Waals surface area (Å²) in [5, 5.41) is 7.36. The van der Waals surface area contributed by atoms with Gasteiger partial charge in [-0.3, -0.25) is 0 Å². The zero-order valence-electron chi connectivity index (χ0n) is 18.6. The monoisotopic (exact) mass is 368 g/mol. The molecule has 2 aliphatic rings. The number of rotatable bonds is 9. The first-order valence-corrected chi connectivity index (χ1v) is 10.6. The van der Waals surface area contributed by atoms with Gasteiger partial charge in [0.2, 0.25) is 0 Å². The average molecular weight is 369 g/mol.